The fraction of sp³-hybridized carbons (Fsp3) is 0.316. The molecule has 2 aromatic heterocycles. The van der Waals surface area contributed by atoms with E-state index in [0.717, 1.165) is 18.2 Å². The Labute approximate surface area is 161 Å². The predicted molar refractivity (Wildman–Crippen MR) is 104 cm³/mol. The first-order chi connectivity index (χ1) is 13.0. The number of para-hydroxylation sites is 1. The van der Waals surface area contributed by atoms with Crippen molar-refractivity contribution in [2.75, 3.05) is 19.6 Å². The molecule has 0 bridgehead atoms. The highest BCUT2D eigenvalue weighted by molar-refractivity contribution is 7.91. The normalized spacial score (nSPS) is 16.1. The van der Waals surface area contributed by atoms with Gasteiger partial charge < -0.3 is 9.32 Å². The van der Waals surface area contributed by atoms with Gasteiger partial charge in [0.1, 0.15) is 9.79 Å². The molecular formula is C19H20N2O4S2. The molecule has 0 aliphatic carbocycles. The second-order valence-electron chi connectivity index (χ2n) is 6.67. The molecule has 0 unspecified atom stereocenters. The summed E-state index contributed by atoms with van der Waals surface area (Å²) in [6.07, 6.45) is 1.53. The molecule has 1 saturated heterocycles. The van der Waals surface area contributed by atoms with Crippen LogP contribution in [-0.2, 0) is 10.0 Å². The third kappa shape index (κ3) is 3.92. The molecule has 3 heterocycles. The molecule has 1 fully saturated rings. The van der Waals surface area contributed by atoms with E-state index in [1.165, 1.54) is 11.3 Å². The summed E-state index contributed by atoms with van der Waals surface area (Å²) in [7, 11) is -3.43. The number of carbonyl (C=O) groups is 1. The standard InChI is InChI=1S/C19H20N2O4S2/c22-19(17-12-15-4-1-2-5-16(15)25-17)21-9-7-14(8-10-21)13-20-27(23,24)18-6-3-11-26-18/h1-6,11-12,14,20H,7-10,13H2. The minimum Gasteiger partial charge on any atom is -0.451 e. The first-order valence-electron chi connectivity index (χ1n) is 8.84. The molecule has 6 nitrogen and oxygen atoms in total. The quantitative estimate of drug-likeness (QED) is 0.707. The third-order valence-corrected chi connectivity index (χ3v) is 7.68. The molecule has 142 valence electrons. The predicted octanol–water partition coefficient (Wildman–Crippen LogP) is 3.33. The van der Waals surface area contributed by atoms with E-state index < -0.39 is 10.0 Å². The van der Waals surface area contributed by atoms with Gasteiger partial charge in [-0.2, -0.15) is 0 Å². The maximum atomic E-state index is 12.7. The van der Waals surface area contributed by atoms with Crippen molar-refractivity contribution in [1.29, 1.82) is 0 Å². The number of hydrogen-bond donors (Lipinski definition) is 1. The summed E-state index contributed by atoms with van der Waals surface area (Å²) < 4.78 is 33.1. The molecule has 0 atom stereocenters. The highest BCUT2D eigenvalue weighted by Crippen LogP contribution is 2.23. The van der Waals surface area contributed by atoms with Crippen LogP contribution in [0.5, 0.6) is 0 Å². The van der Waals surface area contributed by atoms with Crippen LogP contribution in [0.4, 0.5) is 0 Å². The topological polar surface area (TPSA) is 79.6 Å². The lowest BCUT2D eigenvalue weighted by Gasteiger charge is -2.31. The first-order valence-corrected chi connectivity index (χ1v) is 11.2. The molecule has 1 N–H and O–H groups in total. The number of hydrogen-bond acceptors (Lipinski definition) is 5. The van der Waals surface area contributed by atoms with E-state index in [0.29, 0.717) is 35.2 Å². The second kappa shape index (κ2) is 7.46. The van der Waals surface area contributed by atoms with Crippen LogP contribution in [0.2, 0.25) is 0 Å². The zero-order valence-corrected chi connectivity index (χ0v) is 16.3. The van der Waals surface area contributed by atoms with Crippen molar-refractivity contribution < 1.29 is 17.6 Å². The van der Waals surface area contributed by atoms with Gasteiger partial charge in [0, 0.05) is 25.0 Å². The monoisotopic (exact) mass is 404 g/mol. The fourth-order valence-corrected chi connectivity index (χ4v) is 5.45. The minimum absolute atomic E-state index is 0.108. The third-order valence-electron chi connectivity index (χ3n) is 4.86. The fourth-order valence-electron chi connectivity index (χ4n) is 3.30. The number of thiophene rings is 1. The van der Waals surface area contributed by atoms with E-state index in [4.69, 9.17) is 4.42 Å². The molecule has 8 heteroatoms. The molecule has 4 rings (SSSR count). The Morgan fingerprint density at radius 3 is 2.67 bits per heavy atom. The highest BCUT2D eigenvalue weighted by atomic mass is 32.2. The summed E-state index contributed by atoms with van der Waals surface area (Å²) in [4.78, 5) is 14.5. The van der Waals surface area contributed by atoms with Gasteiger partial charge >= 0.3 is 0 Å². The van der Waals surface area contributed by atoms with E-state index in [2.05, 4.69) is 4.72 Å². The number of amides is 1. The number of fused-ring (bicyclic) bond motifs is 1. The molecule has 3 aromatic rings. The van der Waals surface area contributed by atoms with Gasteiger partial charge in [-0.15, -0.1) is 11.3 Å². The molecule has 0 spiro atoms. The number of benzene rings is 1. The number of rotatable bonds is 5. The molecule has 0 radical (unpaired) electrons. The SMILES string of the molecule is O=C(c1cc2ccccc2o1)N1CCC(CNS(=O)(=O)c2cccs2)CC1. The van der Waals surface area contributed by atoms with Crippen molar-refractivity contribution in [3.05, 3.63) is 53.6 Å². The van der Waals surface area contributed by atoms with E-state index in [-0.39, 0.29) is 11.8 Å². The lowest BCUT2D eigenvalue weighted by molar-refractivity contribution is 0.0662. The smallest absolute Gasteiger partial charge is 0.289 e. The van der Waals surface area contributed by atoms with Crippen LogP contribution in [0.1, 0.15) is 23.4 Å². The van der Waals surface area contributed by atoms with Crippen molar-refractivity contribution in [2.45, 2.75) is 17.1 Å². The maximum Gasteiger partial charge on any atom is 0.289 e. The number of carbonyl (C=O) groups excluding carboxylic acids is 1. The van der Waals surface area contributed by atoms with E-state index in [9.17, 15) is 13.2 Å². The van der Waals surface area contributed by atoms with Crippen molar-refractivity contribution in [3.63, 3.8) is 0 Å². The van der Waals surface area contributed by atoms with Gasteiger partial charge in [0.15, 0.2) is 5.76 Å². The summed E-state index contributed by atoms with van der Waals surface area (Å²) in [5.41, 5.74) is 0.707. The molecule has 1 aliphatic heterocycles. The van der Waals surface area contributed by atoms with E-state index in [1.807, 2.05) is 24.3 Å². The molecule has 1 amide bonds. The number of sulfonamides is 1. The number of likely N-dealkylation sites (tertiary alicyclic amines) is 1. The highest BCUT2D eigenvalue weighted by Gasteiger charge is 2.27. The lowest BCUT2D eigenvalue weighted by Crippen LogP contribution is -2.41. The summed E-state index contributed by atoms with van der Waals surface area (Å²) in [6, 6.07) is 12.7. The van der Waals surface area contributed by atoms with Gasteiger partial charge in [-0.3, -0.25) is 4.79 Å². The van der Waals surface area contributed by atoms with Crippen LogP contribution in [0.15, 0.2) is 56.5 Å². The molecular weight excluding hydrogens is 384 g/mol. The van der Waals surface area contributed by atoms with E-state index >= 15 is 0 Å². The van der Waals surface area contributed by atoms with Gasteiger partial charge in [-0.05, 0) is 42.3 Å². The van der Waals surface area contributed by atoms with Crippen molar-refractivity contribution in [2.24, 2.45) is 5.92 Å². The zero-order chi connectivity index (χ0) is 18.9. The Morgan fingerprint density at radius 2 is 1.96 bits per heavy atom. The molecule has 1 aromatic carbocycles. The van der Waals surface area contributed by atoms with Gasteiger partial charge in [0.25, 0.3) is 5.91 Å². The van der Waals surface area contributed by atoms with Gasteiger partial charge in [0.05, 0.1) is 0 Å². The summed E-state index contributed by atoms with van der Waals surface area (Å²) in [6.45, 7) is 1.59. The second-order valence-corrected chi connectivity index (χ2v) is 9.61. The Bertz CT molecular complexity index is 1000. The first kappa shape index (κ1) is 18.2. The molecule has 27 heavy (non-hydrogen) atoms. The summed E-state index contributed by atoms with van der Waals surface area (Å²) in [5, 5.41) is 2.66. The summed E-state index contributed by atoms with van der Waals surface area (Å²) in [5.74, 6) is 0.469. The van der Waals surface area contributed by atoms with Crippen molar-refractivity contribution in [1.82, 2.24) is 9.62 Å². The largest absolute Gasteiger partial charge is 0.451 e. The van der Waals surface area contributed by atoms with Crippen LogP contribution < -0.4 is 4.72 Å². The Hall–Kier alpha value is -2.16. The van der Waals surface area contributed by atoms with Crippen molar-refractivity contribution in [3.8, 4) is 0 Å². The van der Waals surface area contributed by atoms with Crippen molar-refractivity contribution >= 4 is 38.2 Å². The van der Waals surface area contributed by atoms with Crippen LogP contribution in [-0.4, -0.2) is 38.9 Å². The molecule has 0 saturated carbocycles. The average Bonchev–Trinajstić information content (AvgIpc) is 3.36. The van der Waals surface area contributed by atoms with E-state index in [1.54, 1.807) is 28.5 Å². The zero-order valence-electron chi connectivity index (χ0n) is 14.6. The lowest BCUT2D eigenvalue weighted by atomic mass is 9.97. The number of nitrogens with zero attached hydrogens (tertiary/aromatic N) is 1. The van der Waals surface area contributed by atoms with Crippen LogP contribution >= 0.6 is 11.3 Å². The number of nitrogens with one attached hydrogen (secondary N) is 1. The maximum absolute atomic E-state index is 12.7. The Balaban J connectivity index is 1.33. The number of piperidine rings is 1. The number of furan rings is 1. The van der Waals surface area contributed by atoms with Crippen LogP contribution in [0.25, 0.3) is 11.0 Å². The Morgan fingerprint density at radius 1 is 1.19 bits per heavy atom. The Kier molecular flexibility index (Phi) is 5.03. The van der Waals surface area contributed by atoms with Crippen LogP contribution in [0, 0.1) is 5.92 Å². The summed E-state index contributed by atoms with van der Waals surface area (Å²) >= 11 is 1.21. The van der Waals surface area contributed by atoms with Crippen LogP contribution in [0.3, 0.4) is 0 Å². The minimum atomic E-state index is -3.43. The van der Waals surface area contributed by atoms with Gasteiger partial charge in [0.2, 0.25) is 10.0 Å². The van der Waals surface area contributed by atoms with Gasteiger partial charge in [-0.25, -0.2) is 13.1 Å². The molecule has 1 aliphatic rings. The average molecular weight is 405 g/mol. The van der Waals surface area contributed by atoms with Gasteiger partial charge in [-0.1, -0.05) is 24.3 Å².